The monoisotopic (exact) mass is 249 g/mol. The molecule has 0 spiro atoms. The highest BCUT2D eigenvalue weighted by Crippen LogP contribution is 2.36. The van der Waals surface area contributed by atoms with Gasteiger partial charge in [-0.25, -0.2) is 0 Å². The van der Waals surface area contributed by atoms with E-state index >= 15 is 0 Å². The maximum atomic E-state index is 5.46. The number of ether oxygens (including phenoxy) is 2. The van der Waals surface area contributed by atoms with Crippen molar-refractivity contribution in [1.29, 1.82) is 0 Å². The van der Waals surface area contributed by atoms with E-state index in [0.29, 0.717) is 6.04 Å². The summed E-state index contributed by atoms with van der Waals surface area (Å²) in [4.78, 5) is 0. The summed E-state index contributed by atoms with van der Waals surface area (Å²) in [5, 5.41) is 3.61. The molecule has 1 aromatic rings. The van der Waals surface area contributed by atoms with Crippen LogP contribution in [-0.4, -0.2) is 26.9 Å². The van der Waals surface area contributed by atoms with Crippen LogP contribution < -0.4 is 10.1 Å². The van der Waals surface area contributed by atoms with Crippen LogP contribution in [0.4, 0.5) is 5.69 Å². The molecule has 0 aromatic heterocycles. The Labute approximate surface area is 109 Å². The van der Waals surface area contributed by atoms with Crippen molar-refractivity contribution >= 4 is 5.69 Å². The molecule has 1 aliphatic carbocycles. The van der Waals surface area contributed by atoms with Crippen molar-refractivity contribution in [3.63, 3.8) is 0 Å². The molecule has 0 heterocycles. The highest BCUT2D eigenvalue weighted by molar-refractivity contribution is 5.60. The van der Waals surface area contributed by atoms with Gasteiger partial charge in [0.25, 0.3) is 0 Å². The number of aryl methyl sites for hydroxylation is 1. The van der Waals surface area contributed by atoms with Gasteiger partial charge in [0.1, 0.15) is 5.75 Å². The Kier molecular flexibility index (Phi) is 4.12. The van der Waals surface area contributed by atoms with Gasteiger partial charge in [0, 0.05) is 18.4 Å². The minimum Gasteiger partial charge on any atom is -0.496 e. The Bertz CT molecular complexity index is 413. The lowest BCUT2D eigenvalue weighted by molar-refractivity contribution is 0.179. The van der Waals surface area contributed by atoms with Crippen molar-refractivity contribution in [3.05, 3.63) is 23.3 Å². The molecule has 1 fully saturated rings. The summed E-state index contributed by atoms with van der Waals surface area (Å²) in [5.41, 5.74) is 3.51. The number of hydrogen-bond acceptors (Lipinski definition) is 3. The topological polar surface area (TPSA) is 30.5 Å². The molecule has 1 aliphatic rings. The van der Waals surface area contributed by atoms with E-state index in [1.165, 1.54) is 24.0 Å². The fourth-order valence-electron chi connectivity index (χ4n) is 2.47. The first-order valence-electron chi connectivity index (χ1n) is 6.57. The molecular formula is C15H23NO2. The predicted octanol–water partition coefficient (Wildman–Crippen LogP) is 3.15. The number of rotatable bonds is 6. The first-order valence-corrected chi connectivity index (χ1v) is 6.57. The van der Waals surface area contributed by atoms with Gasteiger partial charge in [0.15, 0.2) is 0 Å². The van der Waals surface area contributed by atoms with Gasteiger partial charge in [-0.1, -0.05) is 6.07 Å². The molecule has 1 atom stereocenters. The zero-order valence-electron chi connectivity index (χ0n) is 11.7. The van der Waals surface area contributed by atoms with Crippen LogP contribution in [0.3, 0.4) is 0 Å². The molecule has 1 aromatic carbocycles. The van der Waals surface area contributed by atoms with E-state index in [1.54, 1.807) is 14.2 Å². The van der Waals surface area contributed by atoms with Gasteiger partial charge in [-0.05, 0) is 44.2 Å². The molecule has 0 saturated heterocycles. The van der Waals surface area contributed by atoms with Gasteiger partial charge >= 0.3 is 0 Å². The summed E-state index contributed by atoms with van der Waals surface area (Å²) in [7, 11) is 3.49. The van der Waals surface area contributed by atoms with E-state index in [1.807, 2.05) is 0 Å². The molecule has 3 heteroatoms. The first-order chi connectivity index (χ1) is 8.67. The lowest BCUT2D eigenvalue weighted by Gasteiger charge is -2.21. The molecule has 1 saturated carbocycles. The van der Waals surface area contributed by atoms with E-state index in [9.17, 15) is 0 Å². The van der Waals surface area contributed by atoms with Crippen molar-refractivity contribution in [2.45, 2.75) is 32.7 Å². The molecule has 0 aliphatic heterocycles. The Morgan fingerprint density at radius 1 is 1.28 bits per heavy atom. The summed E-state index contributed by atoms with van der Waals surface area (Å²) in [5.74, 6) is 1.74. The number of hydrogen-bond donors (Lipinski definition) is 1. The Morgan fingerprint density at radius 2 is 2.00 bits per heavy atom. The second-order valence-corrected chi connectivity index (χ2v) is 5.13. The zero-order valence-corrected chi connectivity index (χ0v) is 11.7. The molecular weight excluding hydrogens is 226 g/mol. The standard InChI is InChI=1S/C15H23NO2/c1-10-5-8-13(11(2)15(10)18-4)16-14(9-17-3)12-6-7-12/h5,8,12,14,16H,6-7,9H2,1-4H3. The third-order valence-electron chi connectivity index (χ3n) is 3.69. The summed E-state index contributed by atoms with van der Waals surface area (Å²) >= 11 is 0. The molecule has 1 unspecified atom stereocenters. The molecule has 0 bridgehead atoms. The molecule has 0 radical (unpaired) electrons. The molecule has 0 amide bonds. The average molecular weight is 249 g/mol. The molecule has 3 nitrogen and oxygen atoms in total. The average Bonchev–Trinajstić information content (AvgIpc) is 3.16. The van der Waals surface area contributed by atoms with Gasteiger partial charge in [0.2, 0.25) is 0 Å². The van der Waals surface area contributed by atoms with E-state index < -0.39 is 0 Å². The van der Waals surface area contributed by atoms with Gasteiger partial charge in [-0.2, -0.15) is 0 Å². The fraction of sp³-hybridized carbons (Fsp3) is 0.600. The Morgan fingerprint density at radius 3 is 2.56 bits per heavy atom. The van der Waals surface area contributed by atoms with Crippen molar-refractivity contribution in [2.75, 3.05) is 26.1 Å². The highest BCUT2D eigenvalue weighted by atomic mass is 16.5. The van der Waals surface area contributed by atoms with E-state index in [2.05, 4.69) is 31.3 Å². The van der Waals surface area contributed by atoms with Crippen molar-refractivity contribution in [1.82, 2.24) is 0 Å². The largest absolute Gasteiger partial charge is 0.496 e. The van der Waals surface area contributed by atoms with Crippen LogP contribution in [0.2, 0.25) is 0 Å². The lowest BCUT2D eigenvalue weighted by Crippen LogP contribution is -2.27. The smallest absolute Gasteiger partial charge is 0.126 e. The van der Waals surface area contributed by atoms with Gasteiger partial charge in [0.05, 0.1) is 19.8 Å². The second-order valence-electron chi connectivity index (χ2n) is 5.13. The van der Waals surface area contributed by atoms with Gasteiger partial charge in [-0.15, -0.1) is 0 Å². The molecule has 1 N–H and O–H groups in total. The SMILES string of the molecule is COCC(Nc1ccc(C)c(OC)c1C)C1CC1. The van der Waals surface area contributed by atoms with E-state index in [0.717, 1.165) is 24.0 Å². The van der Waals surface area contributed by atoms with Crippen LogP contribution in [0.15, 0.2) is 12.1 Å². The van der Waals surface area contributed by atoms with Gasteiger partial charge in [-0.3, -0.25) is 0 Å². The summed E-state index contributed by atoms with van der Waals surface area (Å²) < 4.78 is 10.8. The third-order valence-corrected chi connectivity index (χ3v) is 3.69. The summed E-state index contributed by atoms with van der Waals surface area (Å²) in [6, 6.07) is 4.66. The van der Waals surface area contributed by atoms with Crippen LogP contribution in [0.1, 0.15) is 24.0 Å². The quantitative estimate of drug-likeness (QED) is 0.840. The Hall–Kier alpha value is -1.22. The van der Waals surface area contributed by atoms with Crippen molar-refractivity contribution < 1.29 is 9.47 Å². The minimum absolute atomic E-state index is 0.418. The van der Waals surface area contributed by atoms with Crippen LogP contribution in [-0.2, 0) is 4.74 Å². The number of anilines is 1. The summed E-state index contributed by atoms with van der Waals surface area (Å²) in [6.07, 6.45) is 2.62. The fourth-order valence-corrected chi connectivity index (χ4v) is 2.47. The number of benzene rings is 1. The van der Waals surface area contributed by atoms with Crippen LogP contribution in [0.25, 0.3) is 0 Å². The van der Waals surface area contributed by atoms with Gasteiger partial charge < -0.3 is 14.8 Å². The van der Waals surface area contributed by atoms with Crippen molar-refractivity contribution in [3.8, 4) is 5.75 Å². The lowest BCUT2D eigenvalue weighted by atomic mass is 10.1. The molecule has 2 rings (SSSR count). The second kappa shape index (κ2) is 5.61. The summed E-state index contributed by atoms with van der Waals surface area (Å²) in [6.45, 7) is 4.94. The number of nitrogens with one attached hydrogen (secondary N) is 1. The minimum atomic E-state index is 0.418. The predicted molar refractivity (Wildman–Crippen MR) is 74.5 cm³/mol. The number of methoxy groups -OCH3 is 2. The van der Waals surface area contributed by atoms with Crippen LogP contribution in [0, 0.1) is 19.8 Å². The van der Waals surface area contributed by atoms with Crippen LogP contribution >= 0.6 is 0 Å². The van der Waals surface area contributed by atoms with Crippen LogP contribution in [0.5, 0.6) is 5.75 Å². The molecule has 18 heavy (non-hydrogen) atoms. The van der Waals surface area contributed by atoms with E-state index in [4.69, 9.17) is 9.47 Å². The Balaban J connectivity index is 2.17. The van der Waals surface area contributed by atoms with E-state index in [-0.39, 0.29) is 0 Å². The molecule has 100 valence electrons. The van der Waals surface area contributed by atoms with Crippen molar-refractivity contribution in [2.24, 2.45) is 5.92 Å². The maximum absolute atomic E-state index is 5.46. The normalized spacial score (nSPS) is 16.4. The highest BCUT2D eigenvalue weighted by Gasteiger charge is 2.31. The third kappa shape index (κ3) is 2.78. The zero-order chi connectivity index (χ0) is 13.1. The first kappa shape index (κ1) is 13.2. The maximum Gasteiger partial charge on any atom is 0.126 e.